The Labute approximate surface area is 57.5 Å². The summed E-state index contributed by atoms with van der Waals surface area (Å²) in [7, 11) is 2.00. The fourth-order valence-electron chi connectivity index (χ4n) is 0.519. The molecule has 0 aliphatic heterocycles. The molecule has 0 saturated heterocycles. The van der Waals surface area contributed by atoms with Gasteiger partial charge >= 0.3 is 0 Å². The molecule has 1 atom stereocenters. The van der Waals surface area contributed by atoms with Crippen molar-refractivity contribution >= 4 is 0 Å². The molecular formula is C7H16NO. The second-order valence-electron chi connectivity index (χ2n) is 2.44. The molecule has 1 radical (unpaired) electrons. The standard InChI is InChI=1S/C7H16NO/c1-4-8(3)6-5-7(2)9/h7,9H,1,4-6H2,2-3H3. The Balaban J connectivity index is 3.06. The van der Waals surface area contributed by atoms with Crippen LogP contribution in [0, 0.1) is 6.92 Å². The monoisotopic (exact) mass is 130 g/mol. The minimum absolute atomic E-state index is 0.181. The fraction of sp³-hybridized carbons (Fsp3) is 0.857. The van der Waals surface area contributed by atoms with E-state index in [2.05, 4.69) is 11.8 Å². The summed E-state index contributed by atoms with van der Waals surface area (Å²) in [4.78, 5) is 2.08. The number of rotatable bonds is 4. The van der Waals surface area contributed by atoms with Crippen LogP contribution in [0.15, 0.2) is 0 Å². The van der Waals surface area contributed by atoms with E-state index in [1.807, 2.05) is 7.05 Å². The maximum Gasteiger partial charge on any atom is 0.0524 e. The van der Waals surface area contributed by atoms with Crippen molar-refractivity contribution in [2.75, 3.05) is 20.1 Å². The highest BCUT2D eigenvalue weighted by Crippen LogP contribution is 1.91. The Kier molecular flexibility index (Phi) is 4.72. The topological polar surface area (TPSA) is 23.5 Å². The molecule has 0 aromatic heterocycles. The largest absolute Gasteiger partial charge is 0.393 e. The molecule has 0 spiro atoms. The average Bonchev–Trinajstić information content (AvgIpc) is 1.83. The number of aliphatic hydroxyl groups excluding tert-OH is 1. The highest BCUT2D eigenvalue weighted by molar-refractivity contribution is 4.55. The van der Waals surface area contributed by atoms with Gasteiger partial charge in [-0.25, -0.2) is 0 Å². The Hall–Kier alpha value is -0.0800. The van der Waals surface area contributed by atoms with Crippen LogP contribution in [0.3, 0.4) is 0 Å². The number of nitrogens with zero attached hydrogens (tertiary/aromatic N) is 1. The second kappa shape index (κ2) is 4.77. The molecule has 0 amide bonds. The lowest BCUT2D eigenvalue weighted by atomic mass is 10.3. The molecule has 0 aliphatic rings. The molecule has 1 N–H and O–H groups in total. The lowest BCUT2D eigenvalue weighted by Gasteiger charge is -2.13. The number of hydrogen-bond donors (Lipinski definition) is 1. The summed E-state index contributed by atoms with van der Waals surface area (Å²) in [6.45, 7) is 7.25. The first-order valence-corrected chi connectivity index (χ1v) is 3.32. The molecule has 1 unspecified atom stereocenters. The number of hydrogen-bond acceptors (Lipinski definition) is 2. The number of aliphatic hydroxyl groups is 1. The van der Waals surface area contributed by atoms with E-state index in [9.17, 15) is 0 Å². The first-order valence-electron chi connectivity index (χ1n) is 3.32. The second-order valence-corrected chi connectivity index (χ2v) is 2.44. The van der Waals surface area contributed by atoms with E-state index in [0.29, 0.717) is 0 Å². The zero-order valence-electron chi connectivity index (χ0n) is 6.30. The van der Waals surface area contributed by atoms with E-state index >= 15 is 0 Å². The van der Waals surface area contributed by atoms with E-state index in [4.69, 9.17) is 5.11 Å². The van der Waals surface area contributed by atoms with Gasteiger partial charge in [-0.1, -0.05) is 0 Å². The van der Waals surface area contributed by atoms with E-state index in [0.717, 1.165) is 19.5 Å². The summed E-state index contributed by atoms with van der Waals surface area (Å²) >= 11 is 0. The van der Waals surface area contributed by atoms with E-state index in [-0.39, 0.29) is 6.10 Å². The minimum Gasteiger partial charge on any atom is -0.393 e. The lowest BCUT2D eigenvalue weighted by molar-refractivity contribution is 0.167. The van der Waals surface area contributed by atoms with Crippen molar-refractivity contribution in [2.24, 2.45) is 0 Å². The van der Waals surface area contributed by atoms with E-state index < -0.39 is 0 Å². The van der Waals surface area contributed by atoms with E-state index in [1.54, 1.807) is 6.92 Å². The van der Waals surface area contributed by atoms with Crippen molar-refractivity contribution in [3.8, 4) is 0 Å². The van der Waals surface area contributed by atoms with Gasteiger partial charge < -0.3 is 10.0 Å². The smallest absolute Gasteiger partial charge is 0.0524 e. The molecule has 2 nitrogen and oxygen atoms in total. The van der Waals surface area contributed by atoms with E-state index in [1.165, 1.54) is 0 Å². The van der Waals surface area contributed by atoms with Crippen LogP contribution in [0.1, 0.15) is 13.3 Å². The Morgan fingerprint density at radius 3 is 2.56 bits per heavy atom. The third kappa shape index (κ3) is 5.80. The van der Waals surface area contributed by atoms with Gasteiger partial charge in [0.1, 0.15) is 0 Å². The molecule has 0 aromatic carbocycles. The van der Waals surface area contributed by atoms with Gasteiger partial charge in [-0.3, -0.25) is 0 Å². The van der Waals surface area contributed by atoms with Crippen molar-refractivity contribution in [3.05, 3.63) is 6.92 Å². The Morgan fingerprint density at radius 2 is 2.22 bits per heavy atom. The maximum atomic E-state index is 8.85. The molecular weight excluding hydrogens is 114 g/mol. The van der Waals surface area contributed by atoms with Crippen LogP contribution >= 0.6 is 0 Å². The molecule has 0 heterocycles. The molecule has 0 rings (SSSR count). The Bertz CT molecular complexity index is 63.9. The van der Waals surface area contributed by atoms with Gasteiger partial charge in [0.25, 0.3) is 0 Å². The molecule has 9 heavy (non-hydrogen) atoms. The van der Waals surface area contributed by atoms with Crippen molar-refractivity contribution in [2.45, 2.75) is 19.4 Å². The van der Waals surface area contributed by atoms with Gasteiger partial charge in [0.2, 0.25) is 0 Å². The Morgan fingerprint density at radius 1 is 1.67 bits per heavy atom. The maximum absolute atomic E-state index is 8.85. The summed E-state index contributed by atoms with van der Waals surface area (Å²) in [5.41, 5.74) is 0. The lowest BCUT2D eigenvalue weighted by Crippen LogP contribution is -2.21. The molecule has 0 aromatic rings. The predicted molar refractivity (Wildman–Crippen MR) is 39.2 cm³/mol. The van der Waals surface area contributed by atoms with Gasteiger partial charge in [0, 0.05) is 6.54 Å². The molecule has 0 aliphatic carbocycles. The van der Waals surface area contributed by atoms with Crippen LogP contribution in [0.2, 0.25) is 0 Å². The van der Waals surface area contributed by atoms with Gasteiger partial charge in [-0.2, -0.15) is 0 Å². The van der Waals surface area contributed by atoms with Gasteiger partial charge in [-0.05, 0) is 33.9 Å². The van der Waals surface area contributed by atoms with Gasteiger partial charge in [-0.15, -0.1) is 0 Å². The normalized spacial score (nSPS) is 14.3. The first-order chi connectivity index (χ1) is 4.16. The molecule has 55 valence electrons. The van der Waals surface area contributed by atoms with Crippen LogP contribution < -0.4 is 0 Å². The van der Waals surface area contributed by atoms with Crippen molar-refractivity contribution < 1.29 is 5.11 Å². The fourth-order valence-corrected chi connectivity index (χ4v) is 0.519. The van der Waals surface area contributed by atoms with Gasteiger partial charge in [0.05, 0.1) is 6.10 Å². The summed E-state index contributed by atoms with van der Waals surface area (Å²) in [5, 5.41) is 8.85. The highest BCUT2D eigenvalue weighted by Gasteiger charge is 1.97. The summed E-state index contributed by atoms with van der Waals surface area (Å²) in [5.74, 6) is 0. The average molecular weight is 130 g/mol. The van der Waals surface area contributed by atoms with Crippen molar-refractivity contribution in [3.63, 3.8) is 0 Å². The summed E-state index contributed by atoms with van der Waals surface area (Å²) in [6, 6.07) is 0. The predicted octanol–water partition coefficient (Wildman–Crippen LogP) is 0.523. The quantitative estimate of drug-likeness (QED) is 0.600. The third-order valence-corrected chi connectivity index (χ3v) is 1.31. The molecule has 0 bridgehead atoms. The van der Waals surface area contributed by atoms with Crippen molar-refractivity contribution in [1.29, 1.82) is 0 Å². The van der Waals surface area contributed by atoms with Crippen LogP contribution in [0.4, 0.5) is 0 Å². The zero-order chi connectivity index (χ0) is 7.28. The molecule has 2 heteroatoms. The molecule has 0 saturated carbocycles. The van der Waals surface area contributed by atoms with Crippen LogP contribution in [-0.2, 0) is 0 Å². The first kappa shape index (κ1) is 8.92. The van der Waals surface area contributed by atoms with Crippen LogP contribution in [-0.4, -0.2) is 36.2 Å². The summed E-state index contributed by atoms with van der Waals surface area (Å²) in [6.07, 6.45) is 0.658. The van der Waals surface area contributed by atoms with Crippen LogP contribution in [0.25, 0.3) is 0 Å². The third-order valence-electron chi connectivity index (χ3n) is 1.31. The van der Waals surface area contributed by atoms with Crippen molar-refractivity contribution in [1.82, 2.24) is 4.90 Å². The highest BCUT2D eigenvalue weighted by atomic mass is 16.3. The molecule has 0 fully saturated rings. The van der Waals surface area contributed by atoms with Crippen LogP contribution in [0.5, 0.6) is 0 Å². The zero-order valence-corrected chi connectivity index (χ0v) is 6.30. The minimum atomic E-state index is -0.181. The SMILES string of the molecule is [CH2]CN(C)CCC(C)O. The summed E-state index contributed by atoms with van der Waals surface area (Å²) < 4.78 is 0. The van der Waals surface area contributed by atoms with Gasteiger partial charge in [0.15, 0.2) is 0 Å².